The third-order valence-corrected chi connectivity index (χ3v) is 4.77. The molecule has 0 radical (unpaired) electrons. The summed E-state index contributed by atoms with van der Waals surface area (Å²) >= 11 is 0. The van der Waals surface area contributed by atoms with Crippen LogP contribution >= 0.6 is 0 Å². The van der Waals surface area contributed by atoms with Gasteiger partial charge in [-0.2, -0.15) is 5.10 Å². The molecular weight excluding hydrogens is 290 g/mol. The Balaban J connectivity index is 2.29. The summed E-state index contributed by atoms with van der Waals surface area (Å²) in [5.41, 5.74) is 0.242. The monoisotopic (exact) mass is 319 g/mol. The molecule has 5 nitrogen and oxygen atoms in total. The highest BCUT2D eigenvalue weighted by Crippen LogP contribution is 2.26. The summed E-state index contributed by atoms with van der Waals surface area (Å²) < 4.78 is 1.40. The van der Waals surface area contributed by atoms with Gasteiger partial charge in [0.15, 0.2) is 0 Å². The van der Waals surface area contributed by atoms with E-state index in [4.69, 9.17) is 0 Å². The highest BCUT2D eigenvalue weighted by Gasteiger charge is 2.30. The maximum Gasteiger partial charge on any atom is 0.274 e. The van der Waals surface area contributed by atoms with Gasteiger partial charge in [0, 0.05) is 25.2 Å². The zero-order valence-electron chi connectivity index (χ0n) is 14.8. The molecule has 0 aromatic carbocycles. The van der Waals surface area contributed by atoms with Crippen molar-refractivity contribution in [1.82, 2.24) is 14.7 Å². The third kappa shape index (κ3) is 4.21. The number of carbonyl (C=O) groups excluding carboxylic acids is 1. The smallest absolute Gasteiger partial charge is 0.274 e. The van der Waals surface area contributed by atoms with Crippen LogP contribution in [0.3, 0.4) is 0 Å². The van der Waals surface area contributed by atoms with Crippen LogP contribution in [-0.2, 0) is 6.54 Å². The normalized spacial score (nSPS) is 22.2. The number of amides is 1. The van der Waals surface area contributed by atoms with E-state index in [-0.39, 0.29) is 17.5 Å². The van der Waals surface area contributed by atoms with E-state index >= 15 is 0 Å². The molecule has 0 aliphatic carbocycles. The van der Waals surface area contributed by atoms with E-state index in [2.05, 4.69) is 25.9 Å². The number of hydrogen-bond donors (Lipinski definition) is 0. The van der Waals surface area contributed by atoms with Crippen LogP contribution in [0.15, 0.2) is 16.9 Å². The number of likely N-dealkylation sites (tertiary alicyclic amines) is 1. The van der Waals surface area contributed by atoms with Gasteiger partial charge in [-0.15, -0.1) is 0 Å². The second-order valence-corrected chi connectivity index (χ2v) is 7.06. The number of rotatable bonds is 4. The van der Waals surface area contributed by atoms with Gasteiger partial charge in [-0.05, 0) is 43.6 Å². The molecule has 0 spiro atoms. The van der Waals surface area contributed by atoms with Crippen LogP contribution in [0.1, 0.15) is 63.9 Å². The lowest BCUT2D eigenvalue weighted by Crippen LogP contribution is -2.43. The van der Waals surface area contributed by atoms with Crippen molar-refractivity contribution >= 4 is 5.91 Å². The van der Waals surface area contributed by atoms with Crippen LogP contribution in [-0.4, -0.2) is 33.2 Å². The summed E-state index contributed by atoms with van der Waals surface area (Å²) in [5.74, 6) is 1.03. The molecule has 0 unspecified atom stereocenters. The van der Waals surface area contributed by atoms with Crippen LogP contribution < -0.4 is 5.56 Å². The van der Waals surface area contributed by atoms with Crippen LogP contribution in [0.25, 0.3) is 0 Å². The Kier molecular flexibility index (Phi) is 5.97. The van der Waals surface area contributed by atoms with E-state index in [0.717, 1.165) is 32.2 Å². The SMILES string of the molecule is CCCn1nc(C(=O)N2CC[C@@H](C)CC[C@@H]2C(C)C)ccc1=O. The van der Waals surface area contributed by atoms with Crippen molar-refractivity contribution in [2.75, 3.05) is 6.54 Å². The Bertz CT molecular complexity index is 594. The minimum absolute atomic E-state index is 0.0392. The zero-order chi connectivity index (χ0) is 17.0. The summed E-state index contributed by atoms with van der Waals surface area (Å²) in [4.78, 5) is 26.8. The van der Waals surface area contributed by atoms with Gasteiger partial charge in [0.25, 0.3) is 11.5 Å². The Morgan fingerprint density at radius 2 is 2.04 bits per heavy atom. The summed E-state index contributed by atoms with van der Waals surface area (Å²) in [7, 11) is 0. The molecule has 0 bridgehead atoms. The van der Waals surface area contributed by atoms with Gasteiger partial charge in [0.1, 0.15) is 5.69 Å². The molecule has 1 aromatic heterocycles. The highest BCUT2D eigenvalue weighted by atomic mass is 16.2. The molecule has 0 saturated carbocycles. The van der Waals surface area contributed by atoms with Crippen molar-refractivity contribution in [3.63, 3.8) is 0 Å². The van der Waals surface area contributed by atoms with Gasteiger partial charge in [-0.1, -0.05) is 27.7 Å². The molecule has 2 rings (SSSR count). The molecule has 1 saturated heterocycles. The predicted octanol–water partition coefficient (Wildman–Crippen LogP) is 2.94. The van der Waals surface area contributed by atoms with E-state index in [9.17, 15) is 9.59 Å². The highest BCUT2D eigenvalue weighted by molar-refractivity contribution is 5.92. The van der Waals surface area contributed by atoms with Crippen molar-refractivity contribution in [2.45, 2.75) is 66.0 Å². The molecule has 1 fully saturated rings. The summed E-state index contributed by atoms with van der Waals surface area (Å²) in [6.45, 7) is 9.92. The lowest BCUT2D eigenvalue weighted by Gasteiger charge is -2.32. The Morgan fingerprint density at radius 3 is 2.70 bits per heavy atom. The van der Waals surface area contributed by atoms with Crippen molar-refractivity contribution in [2.24, 2.45) is 11.8 Å². The summed E-state index contributed by atoms with van der Waals surface area (Å²) in [6, 6.07) is 3.28. The largest absolute Gasteiger partial charge is 0.334 e. The second-order valence-electron chi connectivity index (χ2n) is 7.06. The first kappa shape index (κ1) is 17.7. The fraction of sp³-hybridized carbons (Fsp3) is 0.722. The Hall–Kier alpha value is -1.65. The Morgan fingerprint density at radius 1 is 1.30 bits per heavy atom. The minimum Gasteiger partial charge on any atom is -0.334 e. The van der Waals surface area contributed by atoms with E-state index in [1.807, 2.05) is 11.8 Å². The molecular formula is C18H29N3O2. The number of nitrogens with zero attached hydrogens (tertiary/aromatic N) is 3. The Labute approximate surface area is 138 Å². The van der Waals surface area contributed by atoms with Crippen molar-refractivity contribution in [3.05, 3.63) is 28.2 Å². The molecule has 23 heavy (non-hydrogen) atoms. The predicted molar refractivity (Wildman–Crippen MR) is 91.5 cm³/mol. The number of carbonyl (C=O) groups is 1. The minimum atomic E-state index is -0.145. The van der Waals surface area contributed by atoms with E-state index in [0.29, 0.717) is 24.1 Å². The van der Waals surface area contributed by atoms with Gasteiger partial charge in [-0.3, -0.25) is 9.59 Å². The number of hydrogen-bond acceptors (Lipinski definition) is 3. The molecule has 1 aliphatic heterocycles. The zero-order valence-corrected chi connectivity index (χ0v) is 14.8. The molecule has 5 heteroatoms. The van der Waals surface area contributed by atoms with E-state index in [1.54, 1.807) is 6.07 Å². The molecule has 2 atom stereocenters. The van der Waals surface area contributed by atoms with Crippen LogP contribution in [0.5, 0.6) is 0 Å². The van der Waals surface area contributed by atoms with Crippen LogP contribution in [0, 0.1) is 11.8 Å². The average molecular weight is 319 g/mol. The molecule has 1 amide bonds. The molecule has 128 valence electrons. The first-order valence-electron chi connectivity index (χ1n) is 8.83. The standard InChI is InChI=1S/C18H29N3O2/c1-5-11-21-17(22)9-7-15(19-21)18(23)20-12-10-14(4)6-8-16(20)13(2)3/h7,9,13-14,16H,5-6,8,10-12H2,1-4H3/t14-,16+/m0/s1. The van der Waals surface area contributed by atoms with Gasteiger partial charge in [-0.25, -0.2) is 4.68 Å². The lowest BCUT2D eigenvalue weighted by atomic mass is 9.95. The topological polar surface area (TPSA) is 55.2 Å². The molecule has 0 N–H and O–H groups in total. The maximum atomic E-state index is 13.0. The first-order valence-corrected chi connectivity index (χ1v) is 8.83. The van der Waals surface area contributed by atoms with Gasteiger partial charge in [0.05, 0.1) is 0 Å². The number of aryl methyl sites for hydroxylation is 1. The fourth-order valence-corrected chi connectivity index (χ4v) is 3.31. The van der Waals surface area contributed by atoms with Crippen LogP contribution in [0.4, 0.5) is 0 Å². The fourth-order valence-electron chi connectivity index (χ4n) is 3.31. The average Bonchev–Trinajstić information content (AvgIpc) is 2.71. The van der Waals surface area contributed by atoms with Gasteiger partial charge < -0.3 is 4.90 Å². The van der Waals surface area contributed by atoms with Crippen molar-refractivity contribution in [3.8, 4) is 0 Å². The van der Waals surface area contributed by atoms with Crippen molar-refractivity contribution in [1.29, 1.82) is 0 Å². The van der Waals surface area contributed by atoms with E-state index < -0.39 is 0 Å². The lowest BCUT2D eigenvalue weighted by molar-refractivity contribution is 0.0622. The molecule has 2 heterocycles. The third-order valence-electron chi connectivity index (χ3n) is 4.77. The molecule has 1 aliphatic rings. The van der Waals surface area contributed by atoms with Crippen molar-refractivity contribution < 1.29 is 4.79 Å². The maximum absolute atomic E-state index is 13.0. The van der Waals surface area contributed by atoms with Crippen LogP contribution in [0.2, 0.25) is 0 Å². The number of aromatic nitrogens is 2. The molecule has 1 aromatic rings. The van der Waals surface area contributed by atoms with Gasteiger partial charge >= 0.3 is 0 Å². The summed E-state index contributed by atoms with van der Waals surface area (Å²) in [5, 5.41) is 4.29. The summed E-state index contributed by atoms with van der Waals surface area (Å²) in [6.07, 6.45) is 4.05. The van der Waals surface area contributed by atoms with E-state index in [1.165, 1.54) is 10.7 Å². The quantitative estimate of drug-likeness (QED) is 0.857. The second kappa shape index (κ2) is 7.75. The first-order chi connectivity index (χ1) is 10.9. The van der Waals surface area contributed by atoms with Gasteiger partial charge in [0.2, 0.25) is 0 Å².